The van der Waals surface area contributed by atoms with Crippen LogP contribution < -0.4 is 0 Å². The second-order valence-electron chi connectivity index (χ2n) is 5.91. The molecule has 6 nitrogen and oxygen atoms in total. The first-order valence-corrected chi connectivity index (χ1v) is 8.42. The predicted octanol–water partition coefficient (Wildman–Crippen LogP) is 2.82. The Morgan fingerprint density at radius 1 is 1.42 bits per heavy atom. The van der Waals surface area contributed by atoms with Gasteiger partial charge in [-0.2, -0.15) is 4.98 Å². The SMILES string of the molecule is COC(=O)C1CCN(CCc2nc(-c3cccc(Cl)c3)no2)CC1. The van der Waals surface area contributed by atoms with Crippen molar-refractivity contribution in [1.82, 2.24) is 15.0 Å². The van der Waals surface area contributed by atoms with E-state index in [1.165, 1.54) is 7.11 Å². The van der Waals surface area contributed by atoms with Crippen LogP contribution in [-0.2, 0) is 16.0 Å². The summed E-state index contributed by atoms with van der Waals surface area (Å²) in [6, 6.07) is 7.38. The maximum Gasteiger partial charge on any atom is 0.308 e. The van der Waals surface area contributed by atoms with Crippen LogP contribution in [0, 0.1) is 5.92 Å². The monoisotopic (exact) mass is 349 g/mol. The molecular formula is C17H20ClN3O3. The molecule has 1 aromatic heterocycles. The van der Waals surface area contributed by atoms with Gasteiger partial charge in [-0.25, -0.2) is 0 Å². The van der Waals surface area contributed by atoms with Gasteiger partial charge in [0.1, 0.15) is 0 Å². The van der Waals surface area contributed by atoms with E-state index in [0.717, 1.165) is 38.0 Å². The molecule has 0 amide bonds. The number of rotatable bonds is 5. The molecule has 0 radical (unpaired) electrons. The van der Waals surface area contributed by atoms with Crippen LogP contribution in [0.2, 0.25) is 5.02 Å². The Kier molecular flexibility index (Phi) is 5.48. The second kappa shape index (κ2) is 7.77. The Morgan fingerprint density at radius 3 is 2.92 bits per heavy atom. The van der Waals surface area contributed by atoms with Gasteiger partial charge in [0.25, 0.3) is 0 Å². The van der Waals surface area contributed by atoms with Crippen molar-refractivity contribution in [2.24, 2.45) is 5.92 Å². The highest BCUT2D eigenvalue weighted by atomic mass is 35.5. The number of piperidine rings is 1. The van der Waals surface area contributed by atoms with E-state index < -0.39 is 0 Å². The summed E-state index contributed by atoms with van der Waals surface area (Å²) in [6.45, 7) is 2.61. The van der Waals surface area contributed by atoms with Crippen molar-refractivity contribution in [3.05, 3.63) is 35.2 Å². The van der Waals surface area contributed by atoms with E-state index in [4.69, 9.17) is 20.9 Å². The molecule has 0 N–H and O–H groups in total. The molecule has 0 saturated carbocycles. The molecule has 2 aromatic rings. The second-order valence-corrected chi connectivity index (χ2v) is 6.35. The average molecular weight is 350 g/mol. The lowest BCUT2D eigenvalue weighted by atomic mass is 9.97. The van der Waals surface area contributed by atoms with E-state index in [0.29, 0.717) is 23.2 Å². The third kappa shape index (κ3) is 4.13. The third-order valence-corrected chi connectivity index (χ3v) is 4.55. The fraction of sp³-hybridized carbons (Fsp3) is 0.471. The molecule has 2 heterocycles. The van der Waals surface area contributed by atoms with Gasteiger partial charge in [-0.05, 0) is 38.1 Å². The van der Waals surface area contributed by atoms with Gasteiger partial charge >= 0.3 is 5.97 Å². The number of carbonyl (C=O) groups is 1. The van der Waals surface area contributed by atoms with Gasteiger partial charge in [-0.15, -0.1) is 0 Å². The van der Waals surface area contributed by atoms with Crippen LogP contribution in [0.15, 0.2) is 28.8 Å². The number of hydrogen-bond acceptors (Lipinski definition) is 6. The van der Waals surface area contributed by atoms with Crippen LogP contribution in [0.25, 0.3) is 11.4 Å². The van der Waals surface area contributed by atoms with E-state index in [-0.39, 0.29) is 11.9 Å². The summed E-state index contributed by atoms with van der Waals surface area (Å²) in [4.78, 5) is 18.3. The lowest BCUT2D eigenvalue weighted by molar-refractivity contribution is -0.147. The molecule has 1 aliphatic rings. The van der Waals surface area contributed by atoms with E-state index in [2.05, 4.69) is 15.0 Å². The van der Waals surface area contributed by atoms with Crippen LogP contribution in [0.3, 0.4) is 0 Å². The first-order chi connectivity index (χ1) is 11.7. The maximum absolute atomic E-state index is 11.5. The zero-order valence-corrected chi connectivity index (χ0v) is 14.3. The van der Waals surface area contributed by atoms with E-state index in [1.54, 1.807) is 0 Å². The number of methoxy groups -OCH3 is 1. The van der Waals surface area contributed by atoms with Gasteiger partial charge < -0.3 is 14.2 Å². The number of nitrogens with zero attached hydrogens (tertiary/aromatic N) is 3. The molecular weight excluding hydrogens is 330 g/mol. The first-order valence-electron chi connectivity index (χ1n) is 8.04. The molecule has 1 aliphatic heterocycles. The molecule has 0 aliphatic carbocycles. The fourth-order valence-electron chi connectivity index (χ4n) is 2.91. The smallest absolute Gasteiger partial charge is 0.308 e. The molecule has 3 rings (SSSR count). The Hall–Kier alpha value is -1.92. The highest BCUT2D eigenvalue weighted by Crippen LogP contribution is 2.21. The van der Waals surface area contributed by atoms with Crippen LogP contribution in [0.5, 0.6) is 0 Å². The Labute approximate surface area is 145 Å². The van der Waals surface area contributed by atoms with Crippen molar-refractivity contribution in [2.45, 2.75) is 19.3 Å². The molecule has 1 fully saturated rings. The Morgan fingerprint density at radius 2 is 2.21 bits per heavy atom. The summed E-state index contributed by atoms with van der Waals surface area (Å²) in [6.07, 6.45) is 2.37. The lowest BCUT2D eigenvalue weighted by Gasteiger charge is -2.30. The summed E-state index contributed by atoms with van der Waals surface area (Å²) in [5, 5.41) is 4.66. The standard InChI is InChI=1S/C17H20ClN3O3/c1-23-17(22)12-5-8-21(9-6-12)10-7-15-19-16(20-24-15)13-3-2-4-14(18)11-13/h2-4,11-12H,5-10H2,1H3. The summed E-state index contributed by atoms with van der Waals surface area (Å²) in [5.74, 6) is 1.10. The number of carbonyl (C=O) groups excluding carboxylic acids is 1. The van der Waals surface area contributed by atoms with E-state index in [9.17, 15) is 4.79 Å². The minimum Gasteiger partial charge on any atom is -0.469 e. The van der Waals surface area contributed by atoms with Gasteiger partial charge in [0, 0.05) is 23.6 Å². The number of halogens is 1. The quantitative estimate of drug-likeness (QED) is 0.773. The molecule has 0 spiro atoms. The van der Waals surface area contributed by atoms with Gasteiger partial charge in [-0.3, -0.25) is 4.79 Å². The number of benzene rings is 1. The average Bonchev–Trinajstić information content (AvgIpc) is 3.09. The normalized spacial score (nSPS) is 16.2. The van der Waals surface area contributed by atoms with Crippen molar-refractivity contribution in [2.75, 3.05) is 26.7 Å². The van der Waals surface area contributed by atoms with Crippen LogP contribution in [-0.4, -0.2) is 47.8 Å². The van der Waals surface area contributed by atoms with Crippen LogP contribution in [0.4, 0.5) is 0 Å². The molecule has 1 saturated heterocycles. The fourth-order valence-corrected chi connectivity index (χ4v) is 3.10. The minimum absolute atomic E-state index is 0.0316. The largest absolute Gasteiger partial charge is 0.469 e. The minimum atomic E-state index is -0.0993. The number of likely N-dealkylation sites (tertiary alicyclic amines) is 1. The van der Waals surface area contributed by atoms with Gasteiger partial charge in [0.15, 0.2) is 0 Å². The molecule has 0 unspecified atom stereocenters. The van der Waals surface area contributed by atoms with Gasteiger partial charge in [-0.1, -0.05) is 28.9 Å². The molecule has 1 aromatic carbocycles. The lowest BCUT2D eigenvalue weighted by Crippen LogP contribution is -2.37. The van der Waals surface area contributed by atoms with Crippen molar-refractivity contribution in [1.29, 1.82) is 0 Å². The first kappa shape index (κ1) is 16.9. The predicted molar refractivity (Wildman–Crippen MR) is 89.6 cm³/mol. The van der Waals surface area contributed by atoms with Crippen molar-refractivity contribution in [3.8, 4) is 11.4 Å². The van der Waals surface area contributed by atoms with Crippen LogP contribution in [0.1, 0.15) is 18.7 Å². The van der Waals surface area contributed by atoms with Crippen molar-refractivity contribution >= 4 is 17.6 Å². The summed E-state index contributed by atoms with van der Waals surface area (Å²) >= 11 is 5.98. The maximum atomic E-state index is 11.5. The zero-order chi connectivity index (χ0) is 16.9. The zero-order valence-electron chi connectivity index (χ0n) is 13.6. The van der Waals surface area contributed by atoms with Crippen LogP contribution >= 0.6 is 11.6 Å². The van der Waals surface area contributed by atoms with Gasteiger partial charge in [0.05, 0.1) is 13.0 Å². The topological polar surface area (TPSA) is 68.5 Å². The summed E-state index contributed by atoms with van der Waals surface area (Å²) in [7, 11) is 1.45. The Bertz CT molecular complexity index is 696. The number of aromatic nitrogens is 2. The van der Waals surface area contributed by atoms with E-state index >= 15 is 0 Å². The van der Waals surface area contributed by atoms with E-state index in [1.807, 2.05) is 24.3 Å². The Balaban J connectivity index is 1.51. The molecule has 0 atom stereocenters. The summed E-state index contributed by atoms with van der Waals surface area (Å²) < 4.78 is 10.1. The highest BCUT2D eigenvalue weighted by molar-refractivity contribution is 6.30. The number of ether oxygens (including phenoxy) is 1. The number of hydrogen-bond donors (Lipinski definition) is 0. The molecule has 24 heavy (non-hydrogen) atoms. The molecule has 0 bridgehead atoms. The third-order valence-electron chi connectivity index (χ3n) is 4.31. The van der Waals surface area contributed by atoms with Crippen molar-refractivity contribution < 1.29 is 14.1 Å². The van der Waals surface area contributed by atoms with Gasteiger partial charge in [0.2, 0.25) is 11.7 Å². The molecule has 7 heteroatoms. The highest BCUT2D eigenvalue weighted by Gasteiger charge is 2.25. The molecule has 128 valence electrons. The van der Waals surface area contributed by atoms with Crippen molar-refractivity contribution in [3.63, 3.8) is 0 Å². The number of esters is 1. The summed E-state index contributed by atoms with van der Waals surface area (Å²) in [5.41, 5.74) is 0.844.